The number of carbonyl (C=O) groups excluding carboxylic acids is 1. The predicted molar refractivity (Wildman–Crippen MR) is 136 cm³/mol. The summed E-state index contributed by atoms with van der Waals surface area (Å²) in [5.74, 6) is -1.73. The van der Waals surface area contributed by atoms with Crippen molar-refractivity contribution in [2.45, 2.75) is 37.5 Å². The molecule has 1 N–H and O–H groups in total. The second-order valence-corrected chi connectivity index (χ2v) is 11.1. The van der Waals surface area contributed by atoms with Gasteiger partial charge < -0.3 is 9.84 Å². The molecule has 3 aromatic rings. The van der Waals surface area contributed by atoms with Gasteiger partial charge in [0.25, 0.3) is 0 Å². The van der Waals surface area contributed by atoms with Crippen molar-refractivity contribution in [1.82, 2.24) is 14.8 Å². The first-order valence-electron chi connectivity index (χ1n) is 12.1. The van der Waals surface area contributed by atoms with E-state index in [2.05, 4.69) is 10.5 Å². The van der Waals surface area contributed by atoms with Crippen LogP contribution in [0.3, 0.4) is 0 Å². The highest BCUT2D eigenvalue weighted by molar-refractivity contribution is 7.89. The second kappa shape index (κ2) is 11.4. The van der Waals surface area contributed by atoms with E-state index < -0.39 is 21.7 Å². The number of benzene rings is 2. The molecular formula is C27H29F2N3O4S. The summed E-state index contributed by atoms with van der Waals surface area (Å²) in [5, 5.41) is 6.78. The SMILES string of the molecule is Cc1noc(/C=C/c2ccc(F)cc2F)c1S(=O)(=O)N1CCC(C(=O)NC[C@@H](C)c2ccccc2)CC1. The number of carbonyl (C=O) groups is 1. The highest BCUT2D eigenvalue weighted by atomic mass is 32.2. The van der Waals surface area contributed by atoms with E-state index in [0.29, 0.717) is 19.4 Å². The minimum absolute atomic E-state index is 0.0454. The molecule has 2 aromatic carbocycles. The average Bonchev–Trinajstić information content (AvgIpc) is 3.28. The Morgan fingerprint density at radius 3 is 2.54 bits per heavy atom. The van der Waals surface area contributed by atoms with Crippen LogP contribution in [-0.2, 0) is 14.8 Å². The molecule has 2 heterocycles. The Balaban J connectivity index is 1.39. The largest absolute Gasteiger partial charge is 0.355 e. The van der Waals surface area contributed by atoms with Gasteiger partial charge in [-0.05, 0) is 55.5 Å². The molecule has 0 bridgehead atoms. The molecule has 0 unspecified atom stereocenters. The first-order valence-corrected chi connectivity index (χ1v) is 13.5. The molecule has 1 fully saturated rings. The molecule has 37 heavy (non-hydrogen) atoms. The van der Waals surface area contributed by atoms with E-state index >= 15 is 0 Å². The van der Waals surface area contributed by atoms with Crippen LogP contribution in [0.5, 0.6) is 0 Å². The third-order valence-electron chi connectivity index (χ3n) is 6.58. The third-order valence-corrected chi connectivity index (χ3v) is 8.64. The second-order valence-electron chi connectivity index (χ2n) is 9.20. The first-order chi connectivity index (χ1) is 17.7. The fourth-order valence-corrected chi connectivity index (χ4v) is 6.11. The van der Waals surface area contributed by atoms with Crippen LogP contribution >= 0.6 is 0 Å². The summed E-state index contributed by atoms with van der Waals surface area (Å²) < 4.78 is 60.5. The van der Waals surface area contributed by atoms with Gasteiger partial charge in [0.15, 0.2) is 10.7 Å². The van der Waals surface area contributed by atoms with Crippen LogP contribution in [0.2, 0.25) is 0 Å². The van der Waals surface area contributed by atoms with Crippen molar-refractivity contribution in [3.63, 3.8) is 0 Å². The quantitative estimate of drug-likeness (QED) is 0.455. The maximum Gasteiger partial charge on any atom is 0.248 e. The number of nitrogens with zero attached hydrogens (tertiary/aromatic N) is 2. The molecule has 10 heteroatoms. The minimum atomic E-state index is -3.97. The van der Waals surface area contributed by atoms with Crippen molar-refractivity contribution in [3.05, 3.63) is 82.7 Å². The lowest BCUT2D eigenvalue weighted by molar-refractivity contribution is -0.126. The van der Waals surface area contributed by atoms with Crippen LogP contribution in [0.4, 0.5) is 8.78 Å². The Morgan fingerprint density at radius 1 is 1.16 bits per heavy atom. The number of hydrogen-bond acceptors (Lipinski definition) is 5. The zero-order valence-electron chi connectivity index (χ0n) is 20.7. The third kappa shape index (κ3) is 6.14. The lowest BCUT2D eigenvalue weighted by Crippen LogP contribution is -2.43. The van der Waals surface area contributed by atoms with E-state index in [4.69, 9.17) is 4.52 Å². The lowest BCUT2D eigenvalue weighted by Gasteiger charge is -2.30. The smallest absolute Gasteiger partial charge is 0.248 e. The van der Waals surface area contributed by atoms with Crippen LogP contribution in [0, 0.1) is 24.5 Å². The highest BCUT2D eigenvalue weighted by Gasteiger charge is 2.36. The summed E-state index contributed by atoms with van der Waals surface area (Å²) >= 11 is 0. The number of aromatic nitrogens is 1. The minimum Gasteiger partial charge on any atom is -0.355 e. The Kier molecular flexibility index (Phi) is 8.19. The van der Waals surface area contributed by atoms with Gasteiger partial charge in [0.1, 0.15) is 17.3 Å². The molecule has 0 aliphatic carbocycles. The molecule has 0 radical (unpaired) electrons. The molecule has 1 saturated heterocycles. The van der Waals surface area contributed by atoms with Crippen LogP contribution in [0.1, 0.15) is 48.3 Å². The summed E-state index contributed by atoms with van der Waals surface area (Å²) in [5.41, 5.74) is 1.39. The molecule has 1 aliphatic rings. The van der Waals surface area contributed by atoms with Crippen molar-refractivity contribution in [2.24, 2.45) is 5.92 Å². The Hall–Kier alpha value is -3.37. The van der Waals surface area contributed by atoms with Gasteiger partial charge in [0.2, 0.25) is 15.9 Å². The van der Waals surface area contributed by atoms with E-state index in [1.165, 1.54) is 29.4 Å². The van der Waals surface area contributed by atoms with Crippen molar-refractivity contribution in [2.75, 3.05) is 19.6 Å². The Labute approximate surface area is 215 Å². The molecule has 1 aromatic heterocycles. The number of nitrogens with one attached hydrogen (secondary N) is 1. The fraction of sp³-hybridized carbons (Fsp3) is 0.333. The van der Waals surface area contributed by atoms with Gasteiger partial charge in [-0.1, -0.05) is 42.4 Å². The number of aryl methyl sites for hydroxylation is 1. The van der Waals surface area contributed by atoms with E-state index in [1.807, 2.05) is 37.3 Å². The average molecular weight is 530 g/mol. The zero-order valence-corrected chi connectivity index (χ0v) is 21.5. The number of sulfonamides is 1. The summed E-state index contributed by atoms with van der Waals surface area (Å²) in [6.45, 7) is 4.42. The van der Waals surface area contributed by atoms with Gasteiger partial charge in [0.05, 0.1) is 0 Å². The Morgan fingerprint density at radius 2 is 1.86 bits per heavy atom. The van der Waals surface area contributed by atoms with Crippen molar-refractivity contribution >= 4 is 28.1 Å². The van der Waals surface area contributed by atoms with E-state index in [0.717, 1.165) is 17.7 Å². The molecule has 4 rings (SSSR count). The first kappa shape index (κ1) is 26.7. The van der Waals surface area contributed by atoms with Crippen molar-refractivity contribution in [3.8, 4) is 0 Å². The van der Waals surface area contributed by atoms with Gasteiger partial charge in [-0.15, -0.1) is 0 Å². The number of piperidine rings is 1. The standard InChI is InChI=1S/C27H29F2N3O4S/c1-18(20-6-4-3-5-7-20)17-30-27(33)22-12-14-32(15-13-22)37(34,35)26-19(2)31-36-25(26)11-9-21-8-10-23(28)16-24(21)29/h3-11,16,18,22H,12-15,17H2,1-2H3,(H,30,33)/b11-9+/t18-/m1/s1. The number of halogens is 2. The van der Waals surface area contributed by atoms with Gasteiger partial charge in [-0.2, -0.15) is 4.31 Å². The van der Waals surface area contributed by atoms with Gasteiger partial charge in [-0.3, -0.25) is 4.79 Å². The molecule has 196 valence electrons. The van der Waals surface area contributed by atoms with Crippen molar-refractivity contribution < 1.29 is 26.5 Å². The molecule has 0 spiro atoms. The molecule has 7 nitrogen and oxygen atoms in total. The topological polar surface area (TPSA) is 92.5 Å². The van der Waals surface area contributed by atoms with E-state index in [-0.39, 0.29) is 52.7 Å². The highest BCUT2D eigenvalue weighted by Crippen LogP contribution is 2.29. The van der Waals surface area contributed by atoms with Crippen molar-refractivity contribution in [1.29, 1.82) is 0 Å². The zero-order chi connectivity index (χ0) is 26.6. The molecular weight excluding hydrogens is 500 g/mol. The fourth-order valence-electron chi connectivity index (χ4n) is 4.39. The van der Waals surface area contributed by atoms with E-state index in [9.17, 15) is 22.0 Å². The van der Waals surface area contributed by atoms with Gasteiger partial charge >= 0.3 is 0 Å². The van der Waals surface area contributed by atoms with Crippen LogP contribution in [0.15, 0.2) is 57.9 Å². The van der Waals surface area contributed by atoms with Gasteiger partial charge in [0, 0.05) is 37.2 Å². The maximum absolute atomic E-state index is 14.0. The normalized spacial score (nSPS) is 16.2. The predicted octanol–water partition coefficient (Wildman–Crippen LogP) is 4.75. The Bertz CT molecular complexity index is 1380. The summed E-state index contributed by atoms with van der Waals surface area (Å²) in [4.78, 5) is 12.6. The molecule has 0 saturated carbocycles. The number of rotatable bonds is 8. The molecule has 1 amide bonds. The molecule has 1 aliphatic heterocycles. The summed E-state index contributed by atoms with van der Waals surface area (Å²) in [6, 6.07) is 13.0. The monoisotopic (exact) mass is 529 g/mol. The summed E-state index contributed by atoms with van der Waals surface area (Å²) in [6.07, 6.45) is 3.39. The lowest BCUT2D eigenvalue weighted by atomic mass is 9.96. The van der Waals surface area contributed by atoms with Crippen LogP contribution < -0.4 is 5.32 Å². The number of amides is 1. The molecule has 1 atom stereocenters. The number of hydrogen-bond donors (Lipinski definition) is 1. The van der Waals surface area contributed by atoms with Crippen LogP contribution in [0.25, 0.3) is 12.2 Å². The van der Waals surface area contributed by atoms with Crippen LogP contribution in [-0.4, -0.2) is 43.4 Å². The summed E-state index contributed by atoms with van der Waals surface area (Å²) in [7, 11) is -3.97. The van der Waals surface area contributed by atoms with E-state index in [1.54, 1.807) is 0 Å². The van der Waals surface area contributed by atoms with Gasteiger partial charge in [-0.25, -0.2) is 17.2 Å². The maximum atomic E-state index is 14.0.